The number of hydrogen-bond donors (Lipinski definition) is 1. The van der Waals surface area contributed by atoms with Gasteiger partial charge >= 0.3 is 0 Å². The Morgan fingerprint density at radius 2 is 2.03 bits per heavy atom. The van der Waals surface area contributed by atoms with Crippen molar-refractivity contribution < 1.29 is 18.6 Å². The van der Waals surface area contributed by atoms with Gasteiger partial charge in [0.05, 0.1) is 19.3 Å². The Hall–Kier alpha value is -3.28. The summed E-state index contributed by atoms with van der Waals surface area (Å²) in [4.78, 5) is 10.5. The van der Waals surface area contributed by atoms with Gasteiger partial charge in [-0.25, -0.2) is 23.4 Å². The molecule has 0 radical (unpaired) electrons. The molecule has 3 heterocycles. The third-order valence-electron chi connectivity index (χ3n) is 6.00. The summed E-state index contributed by atoms with van der Waals surface area (Å²) >= 11 is 3.01. The molecule has 0 saturated carbocycles. The summed E-state index contributed by atoms with van der Waals surface area (Å²) in [6.07, 6.45) is 6.76. The minimum absolute atomic E-state index is 0.0156. The largest absolute Gasteiger partial charge is 0.496 e. The molecule has 5 rings (SSSR count). The Labute approximate surface area is 214 Å². The van der Waals surface area contributed by atoms with Gasteiger partial charge in [0.25, 0.3) is 0 Å². The van der Waals surface area contributed by atoms with E-state index in [0.29, 0.717) is 5.75 Å². The van der Waals surface area contributed by atoms with Crippen molar-refractivity contribution in [3.8, 4) is 17.0 Å². The van der Waals surface area contributed by atoms with Crippen LogP contribution in [0.25, 0.3) is 16.2 Å². The number of methoxy groups -OCH3 is 1. The van der Waals surface area contributed by atoms with Gasteiger partial charge in [0.15, 0.2) is 4.96 Å². The van der Waals surface area contributed by atoms with Crippen LogP contribution >= 0.6 is 23.1 Å². The fraction of sp³-hybridized carbons (Fsp3) is 0.240. The van der Waals surface area contributed by atoms with Crippen molar-refractivity contribution in [1.29, 1.82) is 0 Å². The zero-order valence-electron chi connectivity index (χ0n) is 19.5. The zero-order chi connectivity index (χ0) is 25.3. The maximum absolute atomic E-state index is 14.8. The molecule has 1 N–H and O–H groups in total. The normalized spacial score (nSPS) is 14.1. The average molecular weight is 528 g/mol. The van der Waals surface area contributed by atoms with E-state index in [1.54, 1.807) is 18.4 Å². The first-order valence-corrected chi connectivity index (χ1v) is 13.0. The highest BCUT2D eigenvalue weighted by Gasteiger charge is 2.39. The quantitative estimate of drug-likeness (QED) is 0.286. The van der Waals surface area contributed by atoms with Crippen LogP contribution in [0.3, 0.4) is 0 Å². The second-order valence-corrected chi connectivity index (χ2v) is 10.7. The number of thiazole rings is 1. The highest BCUT2D eigenvalue weighted by atomic mass is 32.2. The fourth-order valence-corrected chi connectivity index (χ4v) is 6.24. The number of benzene rings is 2. The van der Waals surface area contributed by atoms with Crippen LogP contribution in [0.2, 0.25) is 0 Å². The molecular weight excluding hydrogens is 504 g/mol. The molecule has 0 bridgehead atoms. The number of imidazole rings is 1. The van der Waals surface area contributed by atoms with Crippen molar-refractivity contribution in [2.24, 2.45) is 0 Å². The van der Waals surface area contributed by atoms with Crippen molar-refractivity contribution in [2.45, 2.75) is 30.1 Å². The molecule has 0 spiro atoms. The molecule has 0 aliphatic rings. The standard InChI is InChI=1S/C25H23F2N5O2S2/c1-16(25(33,13-32-15-28-14-29-32)20-8-7-17(26)9-21(20)27)35-12-18-10-31-11-22(30-24(31)36-18)19-5-3-4-6-23(19)34-2/h3-11,14-16,33H,12-13H2,1-2H3/t16-,25-/m1/s1. The minimum atomic E-state index is -1.65. The van der Waals surface area contributed by atoms with Crippen molar-refractivity contribution in [2.75, 3.05) is 7.11 Å². The van der Waals surface area contributed by atoms with E-state index in [1.807, 2.05) is 48.0 Å². The van der Waals surface area contributed by atoms with Gasteiger partial charge in [-0.3, -0.25) is 4.40 Å². The Morgan fingerprint density at radius 1 is 1.19 bits per heavy atom. The number of para-hydroxylation sites is 1. The third-order valence-corrected chi connectivity index (χ3v) is 8.55. The summed E-state index contributed by atoms with van der Waals surface area (Å²) in [6.45, 7) is 1.79. The monoisotopic (exact) mass is 527 g/mol. The van der Waals surface area contributed by atoms with Crippen LogP contribution in [0.15, 0.2) is 67.5 Å². The molecular formula is C25H23F2N5O2S2. The summed E-state index contributed by atoms with van der Waals surface area (Å²) < 4.78 is 37.2. The van der Waals surface area contributed by atoms with Gasteiger partial charge in [-0.05, 0) is 18.2 Å². The molecule has 11 heteroatoms. The topological polar surface area (TPSA) is 77.5 Å². The molecule has 2 atom stereocenters. The van der Waals surface area contributed by atoms with Gasteiger partial charge in [-0.2, -0.15) is 5.10 Å². The maximum Gasteiger partial charge on any atom is 0.194 e. The molecule has 0 saturated heterocycles. The number of halogens is 2. The Morgan fingerprint density at radius 3 is 2.75 bits per heavy atom. The average Bonchev–Trinajstić information content (AvgIpc) is 3.59. The molecule has 2 aromatic carbocycles. The summed E-state index contributed by atoms with van der Waals surface area (Å²) in [5, 5.41) is 15.3. The summed E-state index contributed by atoms with van der Waals surface area (Å²) in [6, 6.07) is 10.9. The van der Waals surface area contributed by atoms with Gasteiger partial charge < -0.3 is 9.84 Å². The number of rotatable bonds is 9. The van der Waals surface area contributed by atoms with Gasteiger partial charge in [0.2, 0.25) is 0 Å². The number of fused-ring (bicyclic) bond motifs is 1. The molecule has 36 heavy (non-hydrogen) atoms. The molecule has 0 amide bonds. The number of aromatic nitrogens is 5. The van der Waals surface area contributed by atoms with E-state index >= 15 is 0 Å². The van der Waals surface area contributed by atoms with Crippen LogP contribution in [0.4, 0.5) is 8.78 Å². The van der Waals surface area contributed by atoms with E-state index in [0.717, 1.165) is 39.0 Å². The molecule has 0 aliphatic carbocycles. The number of aliphatic hydroxyl groups is 1. The Kier molecular flexibility index (Phi) is 6.78. The molecule has 0 unspecified atom stereocenters. The maximum atomic E-state index is 14.8. The van der Waals surface area contributed by atoms with Crippen molar-refractivity contribution in [3.05, 3.63) is 89.6 Å². The first-order valence-electron chi connectivity index (χ1n) is 11.1. The highest BCUT2D eigenvalue weighted by molar-refractivity contribution is 7.99. The van der Waals surface area contributed by atoms with Gasteiger partial charge in [-0.15, -0.1) is 23.1 Å². The van der Waals surface area contributed by atoms with Crippen LogP contribution in [-0.2, 0) is 17.9 Å². The number of ether oxygens (including phenoxy) is 1. The van der Waals surface area contributed by atoms with Gasteiger partial charge in [-0.1, -0.05) is 25.1 Å². The van der Waals surface area contributed by atoms with Crippen LogP contribution in [-0.4, -0.2) is 41.6 Å². The molecule has 186 valence electrons. The van der Waals surface area contributed by atoms with E-state index in [1.165, 1.54) is 35.2 Å². The number of hydrogen-bond acceptors (Lipinski definition) is 7. The van der Waals surface area contributed by atoms with E-state index in [4.69, 9.17) is 9.72 Å². The summed E-state index contributed by atoms with van der Waals surface area (Å²) in [7, 11) is 1.63. The van der Waals surface area contributed by atoms with Crippen molar-refractivity contribution >= 4 is 28.1 Å². The molecule has 0 aliphatic heterocycles. The van der Waals surface area contributed by atoms with E-state index in [-0.39, 0.29) is 12.1 Å². The van der Waals surface area contributed by atoms with E-state index < -0.39 is 22.5 Å². The second-order valence-electron chi connectivity index (χ2n) is 8.31. The third kappa shape index (κ3) is 4.73. The molecule has 7 nitrogen and oxygen atoms in total. The van der Waals surface area contributed by atoms with Crippen LogP contribution in [0.5, 0.6) is 5.75 Å². The highest BCUT2D eigenvalue weighted by Crippen LogP contribution is 2.38. The van der Waals surface area contributed by atoms with Gasteiger partial charge in [0, 0.05) is 45.5 Å². The number of thioether (sulfide) groups is 1. The Balaban J connectivity index is 1.36. The first-order chi connectivity index (χ1) is 17.4. The van der Waals surface area contributed by atoms with Crippen LogP contribution in [0.1, 0.15) is 17.4 Å². The second kappa shape index (κ2) is 10.00. The van der Waals surface area contributed by atoms with Crippen LogP contribution in [0, 0.1) is 11.6 Å². The first kappa shape index (κ1) is 24.4. The molecule has 0 fully saturated rings. The zero-order valence-corrected chi connectivity index (χ0v) is 21.1. The molecule has 3 aromatic heterocycles. The minimum Gasteiger partial charge on any atom is -0.496 e. The van der Waals surface area contributed by atoms with E-state index in [2.05, 4.69) is 10.1 Å². The lowest BCUT2D eigenvalue weighted by Crippen LogP contribution is -2.41. The smallest absolute Gasteiger partial charge is 0.194 e. The lowest BCUT2D eigenvalue weighted by Gasteiger charge is -2.34. The number of nitrogens with zero attached hydrogens (tertiary/aromatic N) is 5. The Bertz CT molecular complexity index is 1460. The van der Waals surface area contributed by atoms with Crippen LogP contribution < -0.4 is 4.74 Å². The van der Waals surface area contributed by atoms with Crippen molar-refractivity contribution in [1.82, 2.24) is 24.1 Å². The van der Waals surface area contributed by atoms with Crippen molar-refractivity contribution in [3.63, 3.8) is 0 Å². The summed E-state index contributed by atoms with van der Waals surface area (Å²) in [5.41, 5.74) is 0.104. The predicted molar refractivity (Wildman–Crippen MR) is 136 cm³/mol. The lowest BCUT2D eigenvalue weighted by atomic mass is 9.90. The predicted octanol–water partition coefficient (Wildman–Crippen LogP) is 5.15. The lowest BCUT2D eigenvalue weighted by molar-refractivity contribution is 0.0133. The van der Waals surface area contributed by atoms with E-state index in [9.17, 15) is 13.9 Å². The fourth-order valence-electron chi connectivity index (χ4n) is 4.08. The van der Waals surface area contributed by atoms with Gasteiger partial charge in [0.1, 0.15) is 35.6 Å². The molecule has 5 aromatic rings. The SMILES string of the molecule is COc1ccccc1-c1cn2cc(CS[C@H](C)[C@](O)(Cn3cncn3)c3ccc(F)cc3F)sc2n1. The summed E-state index contributed by atoms with van der Waals surface area (Å²) in [5.74, 6) is -0.174.